The van der Waals surface area contributed by atoms with E-state index in [-0.39, 0.29) is 28.6 Å². The molecule has 0 heterocycles. The van der Waals surface area contributed by atoms with Gasteiger partial charge in [0.2, 0.25) is 0 Å². The van der Waals surface area contributed by atoms with Crippen molar-refractivity contribution in [2.75, 3.05) is 17.2 Å². The van der Waals surface area contributed by atoms with Crippen LogP contribution in [-0.2, 0) is 31.3 Å². The molecule has 208 valence electrons. The second-order valence-corrected chi connectivity index (χ2v) is 10.5. The van der Waals surface area contributed by atoms with Gasteiger partial charge in [-0.05, 0) is 80.4 Å². The Hall–Kier alpha value is -4.06. The third kappa shape index (κ3) is 8.21. The number of hydrogen-bond acceptors (Lipinski definition) is 6. The van der Waals surface area contributed by atoms with Gasteiger partial charge in [0.05, 0.1) is 22.8 Å². The first kappa shape index (κ1) is 29.5. The number of ether oxygens (including phenoxy) is 2. The van der Waals surface area contributed by atoms with E-state index >= 15 is 0 Å². The summed E-state index contributed by atoms with van der Waals surface area (Å²) < 4.78 is 74.9. The van der Waals surface area contributed by atoms with Crippen LogP contribution in [0.15, 0.2) is 71.6 Å². The second-order valence-electron chi connectivity index (χ2n) is 8.55. The first-order chi connectivity index (χ1) is 18.3. The SMILES string of the molecule is CCOC(=O)C(C)Oc1ccc(CS(=O)(=O)c2cc(NC(=O)Nc3ccc(C(F)(F)F)cc3)ccc2C)cc1. The lowest BCUT2D eigenvalue weighted by Gasteiger charge is -2.14. The summed E-state index contributed by atoms with van der Waals surface area (Å²) in [5.41, 5.74) is 0.399. The van der Waals surface area contributed by atoms with Gasteiger partial charge in [-0.2, -0.15) is 13.2 Å². The third-order valence-electron chi connectivity index (χ3n) is 5.46. The number of esters is 1. The zero-order valence-electron chi connectivity index (χ0n) is 21.3. The Bertz CT molecular complexity index is 1420. The van der Waals surface area contributed by atoms with Crippen molar-refractivity contribution in [2.45, 2.75) is 43.7 Å². The maximum absolute atomic E-state index is 13.2. The normalized spacial score (nSPS) is 12.4. The van der Waals surface area contributed by atoms with Gasteiger partial charge in [0, 0.05) is 11.4 Å². The molecule has 0 aliphatic rings. The lowest BCUT2D eigenvalue weighted by molar-refractivity contribution is -0.150. The minimum absolute atomic E-state index is 0.00564. The fourth-order valence-corrected chi connectivity index (χ4v) is 5.17. The average Bonchev–Trinajstić information content (AvgIpc) is 2.86. The number of anilines is 2. The molecule has 39 heavy (non-hydrogen) atoms. The number of alkyl halides is 3. The van der Waals surface area contributed by atoms with Crippen LogP contribution in [0.4, 0.5) is 29.3 Å². The molecule has 0 aliphatic heterocycles. The van der Waals surface area contributed by atoms with Crippen LogP contribution in [0.3, 0.4) is 0 Å². The maximum Gasteiger partial charge on any atom is 0.416 e. The van der Waals surface area contributed by atoms with E-state index < -0.39 is 39.7 Å². The van der Waals surface area contributed by atoms with Crippen molar-refractivity contribution in [1.29, 1.82) is 0 Å². The lowest BCUT2D eigenvalue weighted by Crippen LogP contribution is -2.26. The summed E-state index contributed by atoms with van der Waals surface area (Å²) in [6, 6.07) is 13.8. The summed E-state index contributed by atoms with van der Waals surface area (Å²) in [4.78, 5) is 24.1. The number of urea groups is 1. The lowest BCUT2D eigenvalue weighted by atomic mass is 10.2. The molecule has 3 rings (SSSR count). The van der Waals surface area contributed by atoms with E-state index in [1.807, 2.05) is 0 Å². The summed E-state index contributed by atoms with van der Waals surface area (Å²) >= 11 is 0. The van der Waals surface area contributed by atoms with Crippen LogP contribution in [0.25, 0.3) is 0 Å². The molecule has 1 unspecified atom stereocenters. The number of hydrogen-bond donors (Lipinski definition) is 2. The van der Waals surface area contributed by atoms with E-state index in [1.54, 1.807) is 45.0 Å². The second kappa shape index (κ2) is 12.2. The molecular weight excluding hydrogens is 537 g/mol. The maximum atomic E-state index is 13.2. The van der Waals surface area contributed by atoms with Crippen molar-refractivity contribution in [2.24, 2.45) is 0 Å². The predicted octanol–water partition coefficient (Wildman–Crippen LogP) is 5.96. The first-order valence-corrected chi connectivity index (χ1v) is 13.4. The fourth-order valence-electron chi connectivity index (χ4n) is 3.52. The van der Waals surface area contributed by atoms with Crippen LogP contribution >= 0.6 is 0 Å². The number of benzene rings is 3. The number of nitrogens with one attached hydrogen (secondary N) is 2. The minimum atomic E-state index is -4.50. The number of amides is 2. The Morgan fingerprint density at radius 3 is 2.10 bits per heavy atom. The quantitative estimate of drug-likeness (QED) is 0.310. The number of carbonyl (C=O) groups is 2. The van der Waals surface area contributed by atoms with E-state index in [9.17, 15) is 31.2 Å². The summed E-state index contributed by atoms with van der Waals surface area (Å²) in [6.45, 7) is 5.07. The number of aryl methyl sites for hydroxylation is 1. The molecule has 0 saturated heterocycles. The van der Waals surface area contributed by atoms with E-state index in [4.69, 9.17) is 9.47 Å². The molecular formula is C27H27F3N2O6S. The standard InChI is InChI=1S/C27H27F3N2O6S/c1-4-37-25(33)18(3)38-23-13-6-19(7-14-23)16-39(35,36)24-15-22(10-5-17(24)2)32-26(34)31-21-11-8-20(9-12-21)27(28,29)30/h5-15,18H,4,16H2,1-3H3,(H2,31,32,34). The molecule has 12 heteroatoms. The molecule has 0 fully saturated rings. The Balaban J connectivity index is 1.67. The van der Waals surface area contributed by atoms with E-state index in [1.165, 1.54) is 18.2 Å². The molecule has 0 spiro atoms. The Kier molecular flexibility index (Phi) is 9.23. The largest absolute Gasteiger partial charge is 0.479 e. The van der Waals surface area contributed by atoms with Crippen LogP contribution in [0.2, 0.25) is 0 Å². The average molecular weight is 565 g/mol. The third-order valence-corrected chi connectivity index (χ3v) is 7.29. The molecule has 1 atom stereocenters. The summed E-state index contributed by atoms with van der Waals surface area (Å²) in [7, 11) is -3.83. The summed E-state index contributed by atoms with van der Waals surface area (Å²) in [5, 5.41) is 4.90. The van der Waals surface area contributed by atoms with E-state index in [2.05, 4.69) is 10.6 Å². The van der Waals surface area contributed by atoms with Gasteiger partial charge >= 0.3 is 18.2 Å². The highest BCUT2D eigenvalue weighted by Crippen LogP contribution is 2.30. The van der Waals surface area contributed by atoms with Gasteiger partial charge < -0.3 is 20.1 Å². The van der Waals surface area contributed by atoms with Crippen molar-refractivity contribution in [3.05, 3.63) is 83.4 Å². The molecule has 3 aromatic rings. The number of sulfone groups is 1. The number of carbonyl (C=O) groups excluding carboxylic acids is 2. The topological polar surface area (TPSA) is 111 Å². The van der Waals surface area contributed by atoms with E-state index in [0.29, 0.717) is 16.9 Å². The van der Waals surface area contributed by atoms with Crippen LogP contribution in [0, 0.1) is 6.92 Å². The fraction of sp³-hybridized carbons (Fsp3) is 0.259. The highest BCUT2D eigenvalue weighted by molar-refractivity contribution is 7.90. The van der Waals surface area contributed by atoms with Crippen molar-refractivity contribution in [1.82, 2.24) is 0 Å². The Labute approximate surface area is 224 Å². The molecule has 2 N–H and O–H groups in total. The van der Waals surface area contributed by atoms with Gasteiger partial charge in [0.15, 0.2) is 15.9 Å². The van der Waals surface area contributed by atoms with Gasteiger partial charge in [-0.25, -0.2) is 18.0 Å². The monoisotopic (exact) mass is 564 g/mol. The molecule has 3 aromatic carbocycles. The number of rotatable bonds is 9. The molecule has 2 amide bonds. The Morgan fingerprint density at radius 1 is 0.923 bits per heavy atom. The van der Waals surface area contributed by atoms with Crippen LogP contribution in [0.5, 0.6) is 5.75 Å². The van der Waals surface area contributed by atoms with Gasteiger partial charge in [0.1, 0.15) is 5.75 Å². The summed E-state index contributed by atoms with van der Waals surface area (Å²) in [5.74, 6) is -0.470. The van der Waals surface area contributed by atoms with Gasteiger partial charge in [-0.1, -0.05) is 18.2 Å². The van der Waals surface area contributed by atoms with Crippen molar-refractivity contribution in [3.63, 3.8) is 0 Å². The van der Waals surface area contributed by atoms with Gasteiger partial charge in [-0.3, -0.25) is 0 Å². The molecule has 0 saturated carbocycles. The Morgan fingerprint density at radius 2 is 1.51 bits per heavy atom. The van der Waals surface area contributed by atoms with Crippen molar-refractivity contribution >= 4 is 33.2 Å². The van der Waals surface area contributed by atoms with Crippen LogP contribution in [0.1, 0.15) is 30.5 Å². The molecule has 8 nitrogen and oxygen atoms in total. The predicted molar refractivity (Wildman–Crippen MR) is 139 cm³/mol. The minimum Gasteiger partial charge on any atom is -0.479 e. The summed E-state index contributed by atoms with van der Waals surface area (Å²) in [6.07, 6.45) is -5.32. The first-order valence-electron chi connectivity index (χ1n) is 11.8. The highest BCUT2D eigenvalue weighted by Gasteiger charge is 2.30. The smallest absolute Gasteiger partial charge is 0.416 e. The van der Waals surface area contributed by atoms with E-state index in [0.717, 1.165) is 24.3 Å². The van der Waals surface area contributed by atoms with Crippen LogP contribution in [-0.4, -0.2) is 33.1 Å². The zero-order valence-corrected chi connectivity index (χ0v) is 22.2. The number of halogens is 3. The van der Waals surface area contributed by atoms with Crippen molar-refractivity contribution in [3.8, 4) is 5.75 Å². The zero-order chi connectivity index (χ0) is 28.8. The van der Waals surface area contributed by atoms with Crippen molar-refractivity contribution < 1.29 is 40.7 Å². The molecule has 0 radical (unpaired) electrons. The van der Waals surface area contributed by atoms with Gasteiger partial charge in [-0.15, -0.1) is 0 Å². The van der Waals surface area contributed by atoms with Crippen LogP contribution < -0.4 is 15.4 Å². The molecule has 0 aliphatic carbocycles. The molecule has 0 aromatic heterocycles. The highest BCUT2D eigenvalue weighted by atomic mass is 32.2. The molecule has 0 bridgehead atoms. The van der Waals surface area contributed by atoms with Gasteiger partial charge in [0.25, 0.3) is 0 Å².